The number of rotatable bonds is 16. The van der Waals surface area contributed by atoms with Gasteiger partial charge < -0.3 is 4.74 Å². The molecule has 2 aromatic carbocycles. The van der Waals surface area contributed by atoms with Gasteiger partial charge >= 0.3 is 0 Å². The third-order valence-electron chi connectivity index (χ3n) is 5.94. The number of ether oxygens (including phenoxy) is 1. The van der Waals surface area contributed by atoms with Crippen LogP contribution in [0.3, 0.4) is 0 Å². The molecule has 0 bridgehead atoms. The summed E-state index contributed by atoms with van der Waals surface area (Å²) in [6.07, 6.45) is 12.3. The number of nitrogens with zero attached hydrogens (tertiary/aromatic N) is 1. The third-order valence-corrected chi connectivity index (χ3v) is 5.94. The van der Waals surface area contributed by atoms with Gasteiger partial charge in [-0.25, -0.2) is 0 Å². The highest BCUT2D eigenvalue weighted by atomic mass is 16.5. The summed E-state index contributed by atoms with van der Waals surface area (Å²) in [4.78, 5) is 11.3. The van der Waals surface area contributed by atoms with Crippen LogP contribution < -0.4 is 5.48 Å². The lowest BCUT2D eigenvalue weighted by Crippen LogP contribution is -2.08. The van der Waals surface area contributed by atoms with Crippen molar-refractivity contribution in [3.63, 3.8) is 0 Å². The molecule has 0 amide bonds. The molecule has 0 radical (unpaired) electrons. The van der Waals surface area contributed by atoms with E-state index in [4.69, 9.17) is 4.74 Å². The molecule has 0 aliphatic rings. The topological polar surface area (TPSA) is 70.9 Å². The van der Waals surface area contributed by atoms with Crippen molar-refractivity contribution in [1.82, 2.24) is 0 Å². The van der Waals surface area contributed by atoms with Gasteiger partial charge in [0.25, 0.3) is 0 Å². The molecule has 0 aliphatic heterocycles. The van der Waals surface area contributed by atoms with Crippen LogP contribution in [-0.2, 0) is 4.74 Å². The molecule has 0 heterocycles. The molecule has 1 unspecified atom stereocenters. The van der Waals surface area contributed by atoms with Crippen molar-refractivity contribution in [3.8, 4) is 0 Å². The average Bonchev–Trinajstić information content (AvgIpc) is 2.78. The molecule has 0 saturated carbocycles. The molecule has 2 N–H and O–H groups in total. The molecule has 0 fully saturated rings. The third kappa shape index (κ3) is 8.23. The number of hydrogen-bond donors (Lipinski definition) is 2. The Morgan fingerprint density at radius 2 is 1.65 bits per heavy atom. The number of nitrogens with one attached hydrogen (secondary N) is 1. The quantitative estimate of drug-likeness (QED) is 0.159. The Morgan fingerprint density at radius 3 is 2.29 bits per heavy atom. The van der Waals surface area contributed by atoms with Crippen LogP contribution in [0.2, 0.25) is 0 Å². The van der Waals surface area contributed by atoms with Gasteiger partial charge in [0.2, 0.25) is 0 Å². The van der Waals surface area contributed by atoms with Gasteiger partial charge in [-0.15, -0.1) is 4.91 Å². The summed E-state index contributed by atoms with van der Waals surface area (Å²) < 4.78 is 6.30. The summed E-state index contributed by atoms with van der Waals surface area (Å²) in [5.41, 5.74) is 4.22. The number of benzene rings is 2. The van der Waals surface area contributed by atoms with E-state index < -0.39 is 0 Å². The number of nitroso groups, excluding NO2 is 1. The molecule has 2 aromatic rings. The van der Waals surface area contributed by atoms with E-state index in [0.29, 0.717) is 17.3 Å². The number of unbranched alkanes of at least 4 members (excludes halogenated alkanes) is 7. The molecule has 0 saturated heterocycles. The molecule has 172 valence electrons. The molecular formula is C26H40N2O3. The van der Waals surface area contributed by atoms with Crippen molar-refractivity contribution in [2.45, 2.75) is 91.1 Å². The highest BCUT2D eigenvalue weighted by molar-refractivity contribution is 6.01. The molecule has 0 aromatic heterocycles. The molecule has 5 heteroatoms. The Balaban J connectivity index is 2.07. The van der Waals surface area contributed by atoms with Crippen LogP contribution in [0.1, 0.15) is 96.6 Å². The zero-order chi connectivity index (χ0) is 22.5. The molecule has 2 rings (SSSR count). The maximum absolute atomic E-state index is 11.3. The van der Waals surface area contributed by atoms with Crippen molar-refractivity contribution in [2.24, 2.45) is 11.1 Å². The van der Waals surface area contributed by atoms with Crippen molar-refractivity contribution >= 4 is 22.1 Å². The number of anilines is 1. The van der Waals surface area contributed by atoms with Crippen LogP contribution in [0.15, 0.2) is 35.5 Å². The minimum Gasteiger partial charge on any atom is -0.374 e. The van der Waals surface area contributed by atoms with E-state index in [0.717, 1.165) is 42.2 Å². The Labute approximate surface area is 187 Å². The number of fused-ring (bicyclic) bond motifs is 1. The predicted molar refractivity (Wildman–Crippen MR) is 130 cm³/mol. The Kier molecular flexibility index (Phi) is 11.5. The van der Waals surface area contributed by atoms with E-state index in [1.54, 1.807) is 12.1 Å². The zero-order valence-corrected chi connectivity index (χ0v) is 19.5. The first-order chi connectivity index (χ1) is 15.1. The van der Waals surface area contributed by atoms with Crippen molar-refractivity contribution in [3.05, 3.63) is 40.8 Å². The highest BCUT2D eigenvalue weighted by Gasteiger charge is 2.15. The van der Waals surface area contributed by atoms with E-state index in [1.165, 1.54) is 44.9 Å². The van der Waals surface area contributed by atoms with Crippen LogP contribution in [0.4, 0.5) is 11.4 Å². The first-order valence-electron chi connectivity index (χ1n) is 12.0. The lowest BCUT2D eigenvalue weighted by Gasteiger charge is -2.20. The standard InChI is InChI=1S/C26H40N2O3/c1-4-5-6-7-8-9-10-11-12-26(31-18-17-20(2)3)21-13-14-22-23(19-21)25(28-30)16-15-24(22)27-29/h13-16,19-20,26-27,29H,4-12,17-18H2,1-3H3. The minimum atomic E-state index is 0.00786. The van der Waals surface area contributed by atoms with Crippen LogP contribution in [-0.4, -0.2) is 11.8 Å². The highest BCUT2D eigenvalue weighted by Crippen LogP contribution is 2.35. The van der Waals surface area contributed by atoms with E-state index in [-0.39, 0.29) is 6.10 Å². The van der Waals surface area contributed by atoms with Gasteiger partial charge in [0.1, 0.15) is 5.69 Å². The fourth-order valence-electron chi connectivity index (χ4n) is 3.98. The molecule has 5 nitrogen and oxygen atoms in total. The zero-order valence-electron chi connectivity index (χ0n) is 19.5. The van der Waals surface area contributed by atoms with Crippen molar-refractivity contribution < 1.29 is 9.94 Å². The van der Waals surface area contributed by atoms with E-state index in [1.807, 2.05) is 18.2 Å². The van der Waals surface area contributed by atoms with Crippen LogP contribution >= 0.6 is 0 Å². The van der Waals surface area contributed by atoms with Gasteiger partial charge in [0.05, 0.1) is 11.8 Å². The van der Waals surface area contributed by atoms with Gasteiger partial charge in [-0.3, -0.25) is 10.7 Å². The molecular weight excluding hydrogens is 388 g/mol. The summed E-state index contributed by atoms with van der Waals surface area (Å²) in [5.74, 6) is 0.601. The minimum absolute atomic E-state index is 0.00786. The lowest BCUT2D eigenvalue weighted by molar-refractivity contribution is 0.0383. The maximum atomic E-state index is 11.3. The summed E-state index contributed by atoms with van der Waals surface area (Å²) in [5, 5.41) is 14.1. The second kappa shape index (κ2) is 14.2. The van der Waals surface area contributed by atoms with Crippen LogP contribution in [0.5, 0.6) is 0 Å². The monoisotopic (exact) mass is 428 g/mol. The molecule has 1 atom stereocenters. The average molecular weight is 429 g/mol. The van der Waals surface area contributed by atoms with Crippen molar-refractivity contribution in [2.75, 3.05) is 12.1 Å². The van der Waals surface area contributed by atoms with Gasteiger partial charge in [-0.05, 0) is 47.7 Å². The molecule has 0 aliphatic carbocycles. The molecule has 0 spiro atoms. The number of hydrogen-bond acceptors (Lipinski definition) is 5. The largest absolute Gasteiger partial charge is 0.374 e. The fourth-order valence-corrected chi connectivity index (χ4v) is 3.98. The van der Waals surface area contributed by atoms with E-state index >= 15 is 0 Å². The summed E-state index contributed by atoms with van der Waals surface area (Å²) in [7, 11) is 0. The molecule has 31 heavy (non-hydrogen) atoms. The van der Waals surface area contributed by atoms with Gasteiger partial charge in [0.15, 0.2) is 0 Å². The van der Waals surface area contributed by atoms with Crippen molar-refractivity contribution in [1.29, 1.82) is 0 Å². The lowest BCUT2D eigenvalue weighted by atomic mass is 9.97. The van der Waals surface area contributed by atoms with Gasteiger partial charge in [-0.2, -0.15) is 0 Å². The second-order valence-electron chi connectivity index (χ2n) is 8.95. The summed E-state index contributed by atoms with van der Waals surface area (Å²) in [6.45, 7) is 7.40. The summed E-state index contributed by atoms with van der Waals surface area (Å²) >= 11 is 0. The summed E-state index contributed by atoms with van der Waals surface area (Å²) in [6, 6.07) is 9.27. The maximum Gasteiger partial charge on any atom is 0.115 e. The van der Waals surface area contributed by atoms with Crippen LogP contribution in [0, 0.1) is 10.8 Å². The van der Waals surface area contributed by atoms with E-state index in [2.05, 4.69) is 31.4 Å². The first-order valence-corrected chi connectivity index (χ1v) is 12.0. The smallest absolute Gasteiger partial charge is 0.115 e. The van der Waals surface area contributed by atoms with Gasteiger partial charge in [0, 0.05) is 17.4 Å². The van der Waals surface area contributed by atoms with E-state index in [9.17, 15) is 10.1 Å². The predicted octanol–water partition coefficient (Wildman–Crippen LogP) is 8.67. The van der Waals surface area contributed by atoms with Crippen LogP contribution in [0.25, 0.3) is 10.8 Å². The Bertz CT molecular complexity index is 792. The normalized spacial score (nSPS) is 12.4. The van der Waals surface area contributed by atoms with Gasteiger partial charge in [-0.1, -0.05) is 84.3 Å². The fraction of sp³-hybridized carbons (Fsp3) is 0.615. The second-order valence-corrected chi connectivity index (χ2v) is 8.95. The first kappa shape index (κ1) is 25.3. The Morgan fingerprint density at radius 1 is 0.935 bits per heavy atom. The Hall–Kier alpha value is -1.98. The SMILES string of the molecule is CCCCCCCCCCC(OCCC(C)C)c1ccc2c(NO)ccc(N=O)c2c1.